The molecular weight excluding hydrogens is 402 g/mol. The molecule has 1 N–H and O–H groups in total. The molecule has 0 amide bonds. The van der Waals surface area contributed by atoms with Crippen LogP contribution in [0.5, 0.6) is 11.5 Å². The normalized spacial score (nSPS) is 13.1. The molecule has 5 heteroatoms. The topological polar surface area (TPSA) is 59.0 Å². The Balaban J connectivity index is 2.37. The number of carboxylic acid groups (broad SMARTS) is 1. The van der Waals surface area contributed by atoms with Crippen LogP contribution in [0.15, 0.2) is 36.4 Å². The summed E-state index contributed by atoms with van der Waals surface area (Å²) in [6, 6.07) is 12.5. The van der Waals surface area contributed by atoms with Crippen molar-refractivity contribution in [2.75, 3.05) is 33.4 Å². The Kier molecular flexibility index (Phi) is 10.0. The lowest BCUT2D eigenvalue weighted by molar-refractivity contribution is -0.139. The van der Waals surface area contributed by atoms with Crippen LogP contribution >= 0.6 is 0 Å². The molecule has 2 unspecified atom stereocenters. The zero-order chi connectivity index (χ0) is 23.7. The molecular formula is C27H39NO4. The Morgan fingerprint density at radius 3 is 1.84 bits per heavy atom. The van der Waals surface area contributed by atoms with Gasteiger partial charge in [-0.05, 0) is 84.8 Å². The first-order valence-corrected chi connectivity index (χ1v) is 11.7. The highest BCUT2D eigenvalue weighted by Crippen LogP contribution is 2.37. The molecule has 0 aliphatic heterocycles. The summed E-state index contributed by atoms with van der Waals surface area (Å²) in [5.41, 5.74) is 4.50. The first-order chi connectivity index (χ1) is 15.3. The minimum Gasteiger partial charge on any atom is -0.492 e. The summed E-state index contributed by atoms with van der Waals surface area (Å²) in [4.78, 5) is 13.2. The van der Waals surface area contributed by atoms with Gasteiger partial charge in [0.05, 0.1) is 0 Å². The van der Waals surface area contributed by atoms with Gasteiger partial charge in [0.15, 0.2) is 6.61 Å². The summed E-state index contributed by atoms with van der Waals surface area (Å²) >= 11 is 0. The van der Waals surface area contributed by atoms with E-state index in [1.54, 1.807) is 0 Å². The molecule has 5 nitrogen and oxygen atoms in total. The standard InChI is InChI=1S/C27H39NO4/c1-7-19(4)23-16-21(10-12-25(23)31-15-14-28(6)9-3)22-11-13-26(32-18-27(29)30)24(17-22)20(5)8-2/h10-13,16-17,19-20H,7-9,14-15,18H2,1-6H3,(H,29,30). The van der Waals surface area contributed by atoms with Crippen molar-refractivity contribution in [3.05, 3.63) is 47.5 Å². The summed E-state index contributed by atoms with van der Waals surface area (Å²) in [7, 11) is 2.10. The van der Waals surface area contributed by atoms with Crippen LogP contribution in [-0.4, -0.2) is 49.3 Å². The number of likely N-dealkylation sites (N-methyl/N-ethyl adjacent to an activating group) is 1. The molecule has 0 aromatic heterocycles. The monoisotopic (exact) mass is 441 g/mol. The van der Waals surface area contributed by atoms with Crippen LogP contribution in [0.25, 0.3) is 11.1 Å². The minimum absolute atomic E-state index is 0.269. The van der Waals surface area contributed by atoms with Crippen LogP contribution in [0.3, 0.4) is 0 Å². The number of aliphatic carboxylic acids is 1. The SMILES string of the molecule is CCC(C)c1cc(-c2ccc(OCC(=O)O)c(C(C)CC)c2)ccc1OCCN(C)CC. The quantitative estimate of drug-likeness (QED) is 0.402. The Morgan fingerprint density at radius 1 is 0.906 bits per heavy atom. The van der Waals surface area contributed by atoms with Gasteiger partial charge in [-0.3, -0.25) is 0 Å². The summed E-state index contributed by atoms with van der Waals surface area (Å²) in [5, 5.41) is 8.99. The van der Waals surface area contributed by atoms with Gasteiger partial charge in [-0.1, -0.05) is 46.8 Å². The molecule has 2 aromatic carbocycles. The van der Waals surface area contributed by atoms with Crippen molar-refractivity contribution in [3.8, 4) is 22.6 Å². The molecule has 0 aliphatic rings. The second kappa shape index (κ2) is 12.5. The zero-order valence-electron chi connectivity index (χ0n) is 20.5. The summed E-state index contributed by atoms with van der Waals surface area (Å²) in [6.45, 7) is 13.1. The number of carbonyl (C=O) groups is 1. The van der Waals surface area contributed by atoms with E-state index in [2.05, 4.69) is 70.8 Å². The highest BCUT2D eigenvalue weighted by atomic mass is 16.5. The van der Waals surface area contributed by atoms with Crippen molar-refractivity contribution in [2.24, 2.45) is 0 Å². The van der Waals surface area contributed by atoms with E-state index in [0.29, 0.717) is 18.3 Å². The van der Waals surface area contributed by atoms with Gasteiger partial charge in [-0.15, -0.1) is 0 Å². The van der Waals surface area contributed by atoms with E-state index in [-0.39, 0.29) is 12.5 Å². The molecule has 176 valence electrons. The van der Waals surface area contributed by atoms with Crippen LogP contribution < -0.4 is 9.47 Å². The second-order valence-electron chi connectivity index (χ2n) is 8.55. The molecule has 0 radical (unpaired) electrons. The molecule has 0 spiro atoms. The fourth-order valence-electron chi connectivity index (χ4n) is 3.54. The Labute approximate surface area is 193 Å². The van der Waals surface area contributed by atoms with E-state index in [0.717, 1.165) is 48.4 Å². The molecule has 0 saturated heterocycles. The van der Waals surface area contributed by atoms with Gasteiger partial charge in [0.25, 0.3) is 0 Å². The van der Waals surface area contributed by atoms with E-state index in [9.17, 15) is 4.79 Å². The van der Waals surface area contributed by atoms with Crippen molar-refractivity contribution in [1.82, 2.24) is 4.90 Å². The largest absolute Gasteiger partial charge is 0.492 e. The molecule has 2 rings (SSSR count). The van der Waals surface area contributed by atoms with E-state index in [4.69, 9.17) is 14.6 Å². The lowest BCUT2D eigenvalue weighted by atomic mass is 9.91. The average Bonchev–Trinajstić information content (AvgIpc) is 2.81. The molecule has 0 aliphatic carbocycles. The first kappa shape index (κ1) is 25.7. The van der Waals surface area contributed by atoms with E-state index in [1.807, 2.05) is 12.1 Å². The number of rotatable bonds is 13. The number of nitrogens with zero attached hydrogens (tertiary/aromatic N) is 1. The van der Waals surface area contributed by atoms with Gasteiger partial charge in [-0.25, -0.2) is 4.79 Å². The smallest absolute Gasteiger partial charge is 0.341 e. The van der Waals surface area contributed by atoms with Crippen LogP contribution in [-0.2, 0) is 4.79 Å². The van der Waals surface area contributed by atoms with Crippen LogP contribution in [0, 0.1) is 0 Å². The minimum atomic E-state index is -0.969. The fourth-order valence-corrected chi connectivity index (χ4v) is 3.54. The molecule has 2 atom stereocenters. The van der Waals surface area contributed by atoms with E-state index >= 15 is 0 Å². The Bertz CT molecular complexity index is 880. The zero-order valence-corrected chi connectivity index (χ0v) is 20.5. The molecule has 0 saturated carbocycles. The highest BCUT2D eigenvalue weighted by molar-refractivity contribution is 5.70. The Hall–Kier alpha value is -2.53. The van der Waals surface area contributed by atoms with E-state index < -0.39 is 5.97 Å². The van der Waals surface area contributed by atoms with Crippen molar-refractivity contribution in [2.45, 2.75) is 59.3 Å². The van der Waals surface area contributed by atoms with Gasteiger partial charge >= 0.3 is 5.97 Å². The number of benzene rings is 2. The highest BCUT2D eigenvalue weighted by Gasteiger charge is 2.16. The third kappa shape index (κ3) is 6.99. The second-order valence-corrected chi connectivity index (χ2v) is 8.55. The predicted molar refractivity (Wildman–Crippen MR) is 131 cm³/mol. The Morgan fingerprint density at radius 2 is 1.41 bits per heavy atom. The number of hydrogen-bond donors (Lipinski definition) is 1. The third-order valence-electron chi connectivity index (χ3n) is 6.26. The van der Waals surface area contributed by atoms with Crippen LogP contribution in [0.2, 0.25) is 0 Å². The van der Waals surface area contributed by atoms with Gasteiger partial charge in [0.2, 0.25) is 0 Å². The third-order valence-corrected chi connectivity index (χ3v) is 6.26. The fraction of sp³-hybridized carbons (Fsp3) is 0.519. The van der Waals surface area contributed by atoms with Gasteiger partial charge in [0, 0.05) is 6.54 Å². The van der Waals surface area contributed by atoms with Crippen molar-refractivity contribution in [1.29, 1.82) is 0 Å². The van der Waals surface area contributed by atoms with Gasteiger partial charge < -0.3 is 19.5 Å². The van der Waals surface area contributed by atoms with Crippen molar-refractivity contribution >= 4 is 5.97 Å². The van der Waals surface area contributed by atoms with Crippen molar-refractivity contribution < 1.29 is 19.4 Å². The maximum atomic E-state index is 11.0. The molecule has 32 heavy (non-hydrogen) atoms. The summed E-state index contributed by atoms with van der Waals surface area (Å²) in [5.74, 6) is 1.29. The lowest BCUT2D eigenvalue weighted by Crippen LogP contribution is -2.24. The first-order valence-electron chi connectivity index (χ1n) is 11.7. The molecule has 0 bridgehead atoms. The maximum absolute atomic E-state index is 11.0. The van der Waals surface area contributed by atoms with Crippen molar-refractivity contribution in [3.63, 3.8) is 0 Å². The van der Waals surface area contributed by atoms with Crippen LogP contribution in [0.4, 0.5) is 0 Å². The predicted octanol–water partition coefficient (Wildman–Crippen LogP) is 6.17. The number of ether oxygens (including phenoxy) is 2. The average molecular weight is 442 g/mol. The van der Waals surface area contributed by atoms with Gasteiger partial charge in [-0.2, -0.15) is 0 Å². The molecule has 0 heterocycles. The summed E-state index contributed by atoms with van der Waals surface area (Å²) in [6.07, 6.45) is 1.98. The molecule has 2 aromatic rings. The number of hydrogen-bond acceptors (Lipinski definition) is 4. The van der Waals surface area contributed by atoms with Gasteiger partial charge in [0.1, 0.15) is 18.1 Å². The molecule has 0 fully saturated rings. The maximum Gasteiger partial charge on any atom is 0.341 e. The van der Waals surface area contributed by atoms with Crippen LogP contribution in [0.1, 0.15) is 70.4 Å². The number of carboxylic acids is 1. The lowest BCUT2D eigenvalue weighted by Gasteiger charge is -2.20. The van der Waals surface area contributed by atoms with E-state index in [1.165, 1.54) is 5.56 Å². The summed E-state index contributed by atoms with van der Waals surface area (Å²) < 4.78 is 11.7.